The van der Waals surface area contributed by atoms with Gasteiger partial charge in [-0.05, 0) is 24.8 Å². The van der Waals surface area contributed by atoms with Gasteiger partial charge >= 0.3 is 0 Å². The molecule has 0 saturated carbocycles. The molecule has 2 rings (SSSR count). The zero-order chi connectivity index (χ0) is 11.4. The normalized spacial score (nSPS) is 27.6. The molecule has 0 radical (unpaired) electrons. The summed E-state index contributed by atoms with van der Waals surface area (Å²) in [5, 5.41) is 22.6. The first-order valence-corrected chi connectivity index (χ1v) is 5.90. The highest BCUT2D eigenvalue weighted by atomic mass is 16.3. The molecule has 1 aliphatic rings. The number of hydrogen-bond donors (Lipinski definition) is 3. The number of rotatable bonds is 3. The van der Waals surface area contributed by atoms with Crippen molar-refractivity contribution in [3.63, 3.8) is 0 Å². The lowest BCUT2D eigenvalue weighted by Gasteiger charge is -2.28. The Morgan fingerprint density at radius 3 is 2.62 bits per heavy atom. The molecule has 1 fully saturated rings. The zero-order valence-corrected chi connectivity index (χ0v) is 9.34. The Labute approximate surface area is 96.1 Å². The quantitative estimate of drug-likeness (QED) is 0.719. The van der Waals surface area contributed by atoms with Crippen LogP contribution in [-0.4, -0.2) is 28.9 Å². The third-order valence-corrected chi connectivity index (χ3v) is 3.18. The van der Waals surface area contributed by atoms with E-state index in [2.05, 4.69) is 5.32 Å². The fraction of sp³-hybridized carbons (Fsp3) is 0.538. The van der Waals surface area contributed by atoms with Crippen molar-refractivity contribution in [1.29, 1.82) is 0 Å². The number of piperidine rings is 1. The molecule has 16 heavy (non-hydrogen) atoms. The smallest absolute Gasteiger partial charge is 0.0804 e. The first-order chi connectivity index (χ1) is 7.75. The van der Waals surface area contributed by atoms with Crippen LogP contribution in [0.25, 0.3) is 0 Å². The minimum Gasteiger partial charge on any atom is -0.392 e. The molecule has 0 spiro atoms. The van der Waals surface area contributed by atoms with Crippen LogP contribution in [0.5, 0.6) is 0 Å². The summed E-state index contributed by atoms with van der Waals surface area (Å²) >= 11 is 0. The van der Waals surface area contributed by atoms with Crippen molar-refractivity contribution in [1.82, 2.24) is 5.32 Å². The summed E-state index contributed by atoms with van der Waals surface area (Å²) in [7, 11) is 0. The van der Waals surface area contributed by atoms with Crippen LogP contribution >= 0.6 is 0 Å². The minimum atomic E-state index is -0.408. The van der Waals surface area contributed by atoms with E-state index in [4.69, 9.17) is 0 Å². The standard InChI is InChI=1S/C13H19NO2/c15-12-7-6-11(14-9-12)8-13(16)10-4-2-1-3-5-10/h1-5,11-16H,6-9H2/t11-,12-,13-/m0/s1. The average molecular weight is 221 g/mol. The van der Waals surface area contributed by atoms with Crippen molar-refractivity contribution in [3.05, 3.63) is 35.9 Å². The van der Waals surface area contributed by atoms with E-state index in [1.165, 1.54) is 0 Å². The second kappa shape index (κ2) is 5.43. The number of aliphatic hydroxyl groups is 2. The van der Waals surface area contributed by atoms with Gasteiger partial charge in [-0.25, -0.2) is 0 Å². The highest BCUT2D eigenvalue weighted by molar-refractivity contribution is 5.17. The van der Waals surface area contributed by atoms with Gasteiger partial charge < -0.3 is 15.5 Å². The van der Waals surface area contributed by atoms with Crippen molar-refractivity contribution in [2.45, 2.75) is 37.5 Å². The van der Waals surface area contributed by atoms with Gasteiger partial charge in [0.05, 0.1) is 12.2 Å². The second-order valence-corrected chi connectivity index (χ2v) is 4.50. The van der Waals surface area contributed by atoms with Crippen LogP contribution in [0.3, 0.4) is 0 Å². The van der Waals surface area contributed by atoms with Gasteiger partial charge in [-0.3, -0.25) is 0 Å². The molecule has 1 aromatic carbocycles. The van der Waals surface area contributed by atoms with Gasteiger partial charge in [0.15, 0.2) is 0 Å². The van der Waals surface area contributed by atoms with E-state index >= 15 is 0 Å². The lowest BCUT2D eigenvalue weighted by molar-refractivity contribution is 0.0989. The molecule has 3 nitrogen and oxygen atoms in total. The maximum atomic E-state index is 10.0. The van der Waals surface area contributed by atoms with Gasteiger partial charge in [-0.2, -0.15) is 0 Å². The van der Waals surface area contributed by atoms with E-state index in [1.807, 2.05) is 30.3 Å². The van der Waals surface area contributed by atoms with Gasteiger partial charge in [-0.1, -0.05) is 30.3 Å². The lowest BCUT2D eigenvalue weighted by Crippen LogP contribution is -2.42. The predicted octanol–water partition coefficient (Wildman–Crippen LogP) is 1.22. The Morgan fingerprint density at radius 1 is 1.25 bits per heavy atom. The minimum absolute atomic E-state index is 0.217. The maximum absolute atomic E-state index is 10.0. The monoisotopic (exact) mass is 221 g/mol. The molecule has 1 saturated heterocycles. The molecular weight excluding hydrogens is 202 g/mol. The highest BCUT2D eigenvalue weighted by Gasteiger charge is 2.21. The van der Waals surface area contributed by atoms with Crippen LogP contribution in [0.2, 0.25) is 0 Å². The van der Waals surface area contributed by atoms with E-state index in [0.717, 1.165) is 24.8 Å². The molecule has 1 aromatic rings. The molecule has 3 N–H and O–H groups in total. The third-order valence-electron chi connectivity index (χ3n) is 3.18. The molecule has 88 valence electrons. The SMILES string of the molecule is O[C@H]1CC[C@@H](C[C@H](O)c2ccccc2)NC1. The van der Waals surface area contributed by atoms with Gasteiger partial charge in [0.2, 0.25) is 0 Å². The van der Waals surface area contributed by atoms with E-state index in [0.29, 0.717) is 12.6 Å². The lowest BCUT2D eigenvalue weighted by atomic mass is 9.95. The zero-order valence-electron chi connectivity index (χ0n) is 9.34. The molecule has 3 atom stereocenters. The van der Waals surface area contributed by atoms with E-state index in [1.54, 1.807) is 0 Å². The van der Waals surface area contributed by atoms with Crippen LogP contribution < -0.4 is 5.32 Å². The molecular formula is C13H19NO2. The molecule has 3 heteroatoms. The van der Waals surface area contributed by atoms with E-state index in [-0.39, 0.29) is 6.10 Å². The fourth-order valence-electron chi connectivity index (χ4n) is 2.18. The largest absolute Gasteiger partial charge is 0.392 e. The molecule has 1 aliphatic heterocycles. The molecule has 0 aliphatic carbocycles. The molecule has 0 bridgehead atoms. The van der Waals surface area contributed by atoms with Crippen LogP contribution in [0.4, 0.5) is 0 Å². The Morgan fingerprint density at radius 2 is 2.00 bits per heavy atom. The average Bonchev–Trinajstić information content (AvgIpc) is 2.33. The summed E-state index contributed by atoms with van der Waals surface area (Å²) in [5.74, 6) is 0. The molecule has 1 heterocycles. The summed E-state index contributed by atoms with van der Waals surface area (Å²) in [5.41, 5.74) is 0.968. The van der Waals surface area contributed by atoms with Gasteiger partial charge in [0, 0.05) is 12.6 Å². The van der Waals surface area contributed by atoms with E-state index < -0.39 is 6.10 Å². The Balaban J connectivity index is 1.86. The summed E-state index contributed by atoms with van der Waals surface area (Å²) in [4.78, 5) is 0. The van der Waals surface area contributed by atoms with Crippen molar-refractivity contribution in [2.75, 3.05) is 6.54 Å². The number of aliphatic hydroxyl groups excluding tert-OH is 2. The number of nitrogens with one attached hydrogen (secondary N) is 1. The predicted molar refractivity (Wildman–Crippen MR) is 63.1 cm³/mol. The number of benzene rings is 1. The molecule has 0 unspecified atom stereocenters. The fourth-order valence-corrected chi connectivity index (χ4v) is 2.18. The topological polar surface area (TPSA) is 52.5 Å². The van der Waals surface area contributed by atoms with Crippen LogP contribution in [0.1, 0.15) is 30.9 Å². The molecule has 0 aromatic heterocycles. The second-order valence-electron chi connectivity index (χ2n) is 4.50. The van der Waals surface area contributed by atoms with Crippen LogP contribution in [-0.2, 0) is 0 Å². The van der Waals surface area contributed by atoms with Crippen molar-refractivity contribution >= 4 is 0 Å². The van der Waals surface area contributed by atoms with Crippen molar-refractivity contribution in [2.24, 2.45) is 0 Å². The van der Waals surface area contributed by atoms with Gasteiger partial charge in [0.25, 0.3) is 0 Å². The number of hydrogen-bond acceptors (Lipinski definition) is 3. The first-order valence-electron chi connectivity index (χ1n) is 5.90. The summed E-state index contributed by atoms with van der Waals surface area (Å²) < 4.78 is 0. The highest BCUT2D eigenvalue weighted by Crippen LogP contribution is 2.21. The third kappa shape index (κ3) is 3.04. The Bertz CT molecular complexity index is 307. The van der Waals surface area contributed by atoms with Crippen LogP contribution in [0, 0.1) is 0 Å². The molecule has 0 amide bonds. The van der Waals surface area contributed by atoms with Crippen LogP contribution in [0.15, 0.2) is 30.3 Å². The van der Waals surface area contributed by atoms with E-state index in [9.17, 15) is 10.2 Å². The maximum Gasteiger partial charge on any atom is 0.0804 e. The van der Waals surface area contributed by atoms with Gasteiger partial charge in [-0.15, -0.1) is 0 Å². The summed E-state index contributed by atoms with van der Waals surface area (Å²) in [6, 6.07) is 10.0. The van der Waals surface area contributed by atoms with Crippen molar-refractivity contribution in [3.8, 4) is 0 Å². The first kappa shape index (κ1) is 11.6. The number of β-amino-alcohol motifs (C(OH)–C–C–N with tert-alkyl or cyclic N) is 1. The Kier molecular flexibility index (Phi) is 3.93. The van der Waals surface area contributed by atoms with Gasteiger partial charge in [0.1, 0.15) is 0 Å². The Hall–Kier alpha value is -0.900. The summed E-state index contributed by atoms with van der Waals surface area (Å²) in [6.45, 7) is 0.645. The van der Waals surface area contributed by atoms with Crippen molar-refractivity contribution < 1.29 is 10.2 Å². The summed E-state index contributed by atoms with van der Waals surface area (Å²) in [6.07, 6.45) is 1.86.